The van der Waals surface area contributed by atoms with Gasteiger partial charge in [-0.25, -0.2) is 0 Å². The van der Waals surface area contributed by atoms with E-state index in [9.17, 15) is 0 Å². The molecule has 2 saturated heterocycles. The second kappa shape index (κ2) is 5.07. The topological polar surface area (TPSA) is 18.5 Å². The van der Waals surface area contributed by atoms with Gasteiger partial charge in [0.2, 0.25) is 0 Å². The van der Waals surface area contributed by atoms with Crippen LogP contribution < -0.4 is 0 Å². The Morgan fingerprint density at radius 3 is 1.25 bits per heavy atom. The van der Waals surface area contributed by atoms with Crippen LogP contribution in [-0.4, -0.2) is 34.6 Å². The molecular weight excluding hydrogens is 288 g/mol. The number of hydrogen-bond donors (Lipinski definition) is 0. The zero-order chi connectivity index (χ0) is 14.5. The van der Waals surface area contributed by atoms with E-state index in [2.05, 4.69) is 51.2 Å². The zero-order valence-electron chi connectivity index (χ0n) is 13.3. The fourth-order valence-corrected chi connectivity index (χ4v) is 5.81. The molecular formula is C16H28O2S2. The molecule has 20 heavy (non-hydrogen) atoms. The molecule has 2 nitrogen and oxygen atoms in total. The molecule has 2 spiro atoms. The predicted molar refractivity (Wildman–Crippen MR) is 88.3 cm³/mol. The van der Waals surface area contributed by atoms with Crippen LogP contribution in [0, 0.1) is 10.8 Å². The summed E-state index contributed by atoms with van der Waals surface area (Å²) < 4.78 is 12.6. The molecule has 0 atom stereocenters. The van der Waals surface area contributed by atoms with Gasteiger partial charge in [-0.05, 0) is 36.5 Å². The molecule has 4 heteroatoms. The van der Waals surface area contributed by atoms with Crippen LogP contribution in [0.25, 0.3) is 0 Å². The van der Waals surface area contributed by atoms with Crippen molar-refractivity contribution in [3.63, 3.8) is 0 Å². The van der Waals surface area contributed by atoms with Gasteiger partial charge in [-0.2, -0.15) is 0 Å². The SMILES string of the molecule is CC1(C)COC2(CCC3(CC2)OCC(C)(C)CS3)SC1. The van der Waals surface area contributed by atoms with Gasteiger partial charge in [0.1, 0.15) is 9.87 Å². The van der Waals surface area contributed by atoms with E-state index in [1.165, 1.54) is 11.5 Å². The van der Waals surface area contributed by atoms with Gasteiger partial charge in [-0.3, -0.25) is 0 Å². The van der Waals surface area contributed by atoms with Crippen LogP contribution in [-0.2, 0) is 9.47 Å². The van der Waals surface area contributed by atoms with E-state index in [4.69, 9.17) is 9.47 Å². The van der Waals surface area contributed by atoms with Gasteiger partial charge in [0, 0.05) is 11.5 Å². The highest BCUT2D eigenvalue weighted by molar-refractivity contribution is 8.01. The Balaban J connectivity index is 1.58. The highest BCUT2D eigenvalue weighted by Gasteiger charge is 2.50. The number of ether oxygens (including phenoxy) is 2. The third kappa shape index (κ3) is 3.18. The van der Waals surface area contributed by atoms with Crippen molar-refractivity contribution in [1.29, 1.82) is 0 Å². The highest BCUT2D eigenvalue weighted by atomic mass is 32.2. The summed E-state index contributed by atoms with van der Waals surface area (Å²) >= 11 is 4.11. The molecule has 3 fully saturated rings. The first-order valence-corrected chi connectivity index (χ1v) is 9.77. The van der Waals surface area contributed by atoms with Gasteiger partial charge in [-0.1, -0.05) is 27.7 Å². The molecule has 1 saturated carbocycles. The predicted octanol–water partition coefficient (Wildman–Crippen LogP) is 4.53. The van der Waals surface area contributed by atoms with E-state index >= 15 is 0 Å². The average Bonchev–Trinajstić information content (AvgIpc) is 2.41. The lowest BCUT2D eigenvalue weighted by molar-refractivity contribution is -0.0977. The Labute approximate surface area is 132 Å². The summed E-state index contributed by atoms with van der Waals surface area (Å²) in [4.78, 5) is 0.190. The second-order valence-electron chi connectivity index (χ2n) is 8.30. The van der Waals surface area contributed by atoms with E-state index in [1.807, 2.05) is 0 Å². The number of rotatable bonds is 0. The lowest BCUT2D eigenvalue weighted by atomic mass is 9.91. The third-order valence-corrected chi connectivity index (χ3v) is 8.63. The van der Waals surface area contributed by atoms with E-state index in [-0.39, 0.29) is 9.87 Å². The standard InChI is InChI=1S/C16H28O2S2/c1-13(2)9-17-15(19-11-13)5-7-16(8-6-15)18-10-14(3,4)12-20-16/h5-12H2,1-4H3. The smallest absolute Gasteiger partial charge is 0.114 e. The number of thioether (sulfide) groups is 2. The van der Waals surface area contributed by atoms with E-state index in [1.54, 1.807) is 0 Å². The van der Waals surface area contributed by atoms with Gasteiger partial charge in [-0.15, -0.1) is 23.5 Å². The van der Waals surface area contributed by atoms with Gasteiger partial charge in [0.05, 0.1) is 13.2 Å². The second-order valence-corrected chi connectivity index (χ2v) is 10.9. The normalized spacial score (nSPS) is 34.2. The first-order chi connectivity index (χ1) is 9.24. The molecule has 0 bridgehead atoms. The van der Waals surface area contributed by atoms with Crippen LogP contribution in [0.5, 0.6) is 0 Å². The summed E-state index contributed by atoms with van der Waals surface area (Å²) in [6.45, 7) is 11.0. The molecule has 116 valence electrons. The summed E-state index contributed by atoms with van der Waals surface area (Å²) in [6, 6.07) is 0. The molecule has 0 amide bonds. The fraction of sp³-hybridized carbons (Fsp3) is 1.00. The molecule has 0 unspecified atom stereocenters. The summed E-state index contributed by atoms with van der Waals surface area (Å²) in [5, 5.41) is 0. The quantitative estimate of drug-likeness (QED) is 0.653. The van der Waals surface area contributed by atoms with Crippen molar-refractivity contribution in [3.05, 3.63) is 0 Å². The Morgan fingerprint density at radius 1 is 0.650 bits per heavy atom. The van der Waals surface area contributed by atoms with Crippen LogP contribution >= 0.6 is 23.5 Å². The molecule has 0 aromatic rings. The maximum absolute atomic E-state index is 6.29. The van der Waals surface area contributed by atoms with Crippen molar-refractivity contribution in [2.45, 2.75) is 63.2 Å². The van der Waals surface area contributed by atoms with Crippen molar-refractivity contribution >= 4 is 23.5 Å². The highest BCUT2D eigenvalue weighted by Crippen LogP contribution is 2.55. The van der Waals surface area contributed by atoms with Crippen LogP contribution in [0.2, 0.25) is 0 Å². The Hall–Kier alpha value is 0.620. The van der Waals surface area contributed by atoms with Gasteiger partial charge in [0.25, 0.3) is 0 Å². The Bertz CT molecular complexity index is 311. The first-order valence-electron chi connectivity index (χ1n) is 7.80. The van der Waals surface area contributed by atoms with Gasteiger partial charge < -0.3 is 9.47 Å². The molecule has 3 aliphatic rings. The van der Waals surface area contributed by atoms with E-state index in [0.717, 1.165) is 38.9 Å². The van der Waals surface area contributed by atoms with Crippen LogP contribution in [0.1, 0.15) is 53.4 Å². The summed E-state index contributed by atoms with van der Waals surface area (Å²) in [6.07, 6.45) is 4.62. The summed E-state index contributed by atoms with van der Waals surface area (Å²) in [5.74, 6) is 2.45. The summed E-state index contributed by atoms with van der Waals surface area (Å²) in [5.41, 5.74) is 0.677. The maximum Gasteiger partial charge on any atom is 0.114 e. The lowest BCUT2D eigenvalue weighted by Crippen LogP contribution is -2.50. The van der Waals surface area contributed by atoms with Crippen molar-refractivity contribution < 1.29 is 9.47 Å². The van der Waals surface area contributed by atoms with Crippen LogP contribution in [0.15, 0.2) is 0 Å². The van der Waals surface area contributed by atoms with E-state index < -0.39 is 0 Å². The van der Waals surface area contributed by atoms with Crippen molar-refractivity contribution in [2.75, 3.05) is 24.7 Å². The molecule has 2 aliphatic heterocycles. The lowest BCUT2D eigenvalue weighted by Gasteiger charge is -2.52. The van der Waals surface area contributed by atoms with E-state index in [0.29, 0.717) is 10.8 Å². The first kappa shape index (κ1) is 15.5. The van der Waals surface area contributed by atoms with Crippen molar-refractivity contribution in [1.82, 2.24) is 0 Å². The minimum Gasteiger partial charge on any atom is -0.364 e. The fourth-order valence-electron chi connectivity index (χ4n) is 3.06. The van der Waals surface area contributed by atoms with Crippen LogP contribution in [0.4, 0.5) is 0 Å². The monoisotopic (exact) mass is 316 g/mol. The minimum atomic E-state index is 0.0949. The largest absolute Gasteiger partial charge is 0.364 e. The van der Waals surface area contributed by atoms with Crippen LogP contribution in [0.3, 0.4) is 0 Å². The summed E-state index contributed by atoms with van der Waals surface area (Å²) in [7, 11) is 0. The molecule has 3 rings (SSSR count). The van der Waals surface area contributed by atoms with Gasteiger partial charge in [0.15, 0.2) is 0 Å². The Kier molecular flexibility index (Phi) is 3.93. The molecule has 1 aliphatic carbocycles. The zero-order valence-corrected chi connectivity index (χ0v) is 14.9. The molecule has 0 radical (unpaired) electrons. The molecule has 0 N–H and O–H groups in total. The van der Waals surface area contributed by atoms with Gasteiger partial charge >= 0.3 is 0 Å². The Morgan fingerprint density at radius 2 is 1.00 bits per heavy atom. The third-order valence-electron chi connectivity index (χ3n) is 4.68. The molecule has 0 aromatic carbocycles. The van der Waals surface area contributed by atoms with Crippen molar-refractivity contribution in [3.8, 4) is 0 Å². The van der Waals surface area contributed by atoms with Crippen molar-refractivity contribution in [2.24, 2.45) is 10.8 Å². The average molecular weight is 317 g/mol. The maximum atomic E-state index is 6.29. The molecule has 0 aromatic heterocycles. The number of hydrogen-bond acceptors (Lipinski definition) is 4. The molecule has 2 heterocycles. The minimum absolute atomic E-state index is 0.0949.